The van der Waals surface area contributed by atoms with Crippen molar-refractivity contribution in [1.29, 1.82) is 0 Å². The predicted octanol–water partition coefficient (Wildman–Crippen LogP) is 2.86. The van der Waals surface area contributed by atoms with Crippen molar-refractivity contribution in [2.24, 2.45) is 5.73 Å². The van der Waals surface area contributed by atoms with Crippen LogP contribution >= 0.6 is 0 Å². The summed E-state index contributed by atoms with van der Waals surface area (Å²) < 4.78 is 0. The molecule has 1 aromatic rings. The van der Waals surface area contributed by atoms with Crippen molar-refractivity contribution in [3.63, 3.8) is 0 Å². The molecule has 98 valence electrons. The van der Waals surface area contributed by atoms with Crippen molar-refractivity contribution >= 4 is 6.08 Å². The molecule has 2 heteroatoms. The number of likely N-dealkylation sites (tertiary alicyclic amines) is 1. The molecule has 2 nitrogen and oxygen atoms in total. The van der Waals surface area contributed by atoms with E-state index in [1.807, 2.05) is 6.08 Å². The molecule has 1 heterocycles. The quantitative estimate of drug-likeness (QED) is 0.886. The van der Waals surface area contributed by atoms with Crippen LogP contribution in [0.4, 0.5) is 0 Å². The molecule has 1 aromatic carbocycles. The number of nitrogens with two attached hydrogens (primary N) is 1. The van der Waals surface area contributed by atoms with Gasteiger partial charge in [-0.25, -0.2) is 0 Å². The third-order valence-electron chi connectivity index (χ3n) is 3.78. The Morgan fingerprint density at radius 3 is 3.06 bits per heavy atom. The molecule has 18 heavy (non-hydrogen) atoms. The van der Waals surface area contributed by atoms with Crippen LogP contribution in [0.1, 0.15) is 36.3 Å². The SMILES string of the molecule is CN1CCCC(c2cccc(/C=C/CN)c2)CC1. The van der Waals surface area contributed by atoms with Crippen molar-refractivity contribution < 1.29 is 0 Å². The molecule has 0 amide bonds. The molecule has 1 unspecified atom stereocenters. The molecule has 1 aliphatic rings. The van der Waals surface area contributed by atoms with Crippen LogP contribution in [0, 0.1) is 0 Å². The highest BCUT2D eigenvalue weighted by atomic mass is 15.1. The molecule has 0 bridgehead atoms. The number of benzene rings is 1. The molecule has 0 saturated carbocycles. The molecule has 1 atom stereocenters. The standard InChI is InChI=1S/C16H24N2/c1-18-11-4-8-15(9-12-18)16-7-2-5-14(13-16)6-3-10-17/h2-3,5-7,13,15H,4,8-12,17H2,1H3/b6-3+. The summed E-state index contributed by atoms with van der Waals surface area (Å²) >= 11 is 0. The van der Waals surface area contributed by atoms with Gasteiger partial charge in [0.15, 0.2) is 0 Å². The van der Waals surface area contributed by atoms with Gasteiger partial charge in [-0.15, -0.1) is 0 Å². The highest BCUT2D eigenvalue weighted by molar-refractivity contribution is 5.50. The topological polar surface area (TPSA) is 29.3 Å². The monoisotopic (exact) mass is 244 g/mol. The van der Waals surface area contributed by atoms with Crippen LogP contribution in [0.5, 0.6) is 0 Å². The molecule has 2 rings (SSSR count). The maximum absolute atomic E-state index is 5.50. The Morgan fingerprint density at radius 2 is 2.22 bits per heavy atom. The summed E-state index contributed by atoms with van der Waals surface area (Å²) in [4.78, 5) is 2.44. The van der Waals surface area contributed by atoms with E-state index in [4.69, 9.17) is 5.73 Å². The van der Waals surface area contributed by atoms with E-state index in [1.165, 1.54) is 43.5 Å². The summed E-state index contributed by atoms with van der Waals surface area (Å²) in [6.45, 7) is 3.06. The summed E-state index contributed by atoms with van der Waals surface area (Å²) in [6.07, 6.45) is 8.03. The van der Waals surface area contributed by atoms with Crippen LogP contribution in [0.3, 0.4) is 0 Å². The minimum atomic E-state index is 0.610. The Hall–Kier alpha value is -1.12. The molecule has 0 spiro atoms. The Kier molecular flexibility index (Phi) is 4.97. The summed E-state index contributed by atoms with van der Waals surface area (Å²) in [6, 6.07) is 8.91. The lowest BCUT2D eigenvalue weighted by Gasteiger charge is -2.15. The molecule has 0 aliphatic carbocycles. The smallest absolute Gasteiger partial charge is 0.0110 e. The van der Waals surface area contributed by atoms with Crippen LogP contribution in [-0.4, -0.2) is 31.6 Å². The largest absolute Gasteiger partial charge is 0.327 e. The van der Waals surface area contributed by atoms with Crippen LogP contribution in [0.25, 0.3) is 6.08 Å². The van der Waals surface area contributed by atoms with Gasteiger partial charge in [0.25, 0.3) is 0 Å². The Morgan fingerprint density at radius 1 is 1.33 bits per heavy atom. The van der Waals surface area contributed by atoms with Crippen LogP contribution < -0.4 is 5.73 Å². The average molecular weight is 244 g/mol. The van der Waals surface area contributed by atoms with Crippen molar-refractivity contribution in [3.05, 3.63) is 41.5 Å². The Balaban J connectivity index is 2.09. The maximum atomic E-state index is 5.50. The third-order valence-corrected chi connectivity index (χ3v) is 3.78. The lowest BCUT2D eigenvalue weighted by molar-refractivity contribution is 0.347. The van der Waals surface area contributed by atoms with Gasteiger partial charge >= 0.3 is 0 Å². The van der Waals surface area contributed by atoms with Crippen molar-refractivity contribution in [3.8, 4) is 0 Å². The zero-order valence-electron chi connectivity index (χ0n) is 11.3. The average Bonchev–Trinajstić information content (AvgIpc) is 2.61. The molecule has 1 saturated heterocycles. The first-order valence-electron chi connectivity index (χ1n) is 6.94. The number of rotatable bonds is 3. The zero-order valence-corrected chi connectivity index (χ0v) is 11.3. The fourth-order valence-electron chi connectivity index (χ4n) is 2.69. The van der Waals surface area contributed by atoms with Gasteiger partial charge in [-0.05, 0) is 56.4 Å². The summed E-state index contributed by atoms with van der Waals surface area (Å²) in [7, 11) is 2.22. The number of hydrogen-bond acceptors (Lipinski definition) is 2. The van der Waals surface area contributed by atoms with Gasteiger partial charge in [0, 0.05) is 6.54 Å². The first-order chi connectivity index (χ1) is 8.79. The van der Waals surface area contributed by atoms with Gasteiger partial charge in [0.05, 0.1) is 0 Å². The van der Waals surface area contributed by atoms with E-state index in [2.05, 4.69) is 42.3 Å². The van der Waals surface area contributed by atoms with E-state index in [9.17, 15) is 0 Å². The van der Waals surface area contributed by atoms with E-state index in [1.54, 1.807) is 0 Å². The van der Waals surface area contributed by atoms with E-state index in [0.29, 0.717) is 6.54 Å². The normalized spacial score (nSPS) is 22.2. The summed E-state index contributed by atoms with van der Waals surface area (Å²) in [5, 5.41) is 0. The highest BCUT2D eigenvalue weighted by Crippen LogP contribution is 2.28. The van der Waals surface area contributed by atoms with Crippen LogP contribution in [0.2, 0.25) is 0 Å². The highest BCUT2D eigenvalue weighted by Gasteiger charge is 2.16. The molecule has 1 fully saturated rings. The van der Waals surface area contributed by atoms with E-state index in [0.717, 1.165) is 5.92 Å². The van der Waals surface area contributed by atoms with E-state index in [-0.39, 0.29) is 0 Å². The molecule has 2 N–H and O–H groups in total. The summed E-state index contributed by atoms with van der Waals surface area (Å²) in [5.74, 6) is 0.723. The third kappa shape index (κ3) is 3.69. The van der Waals surface area contributed by atoms with Crippen LogP contribution in [-0.2, 0) is 0 Å². The second-order valence-electron chi connectivity index (χ2n) is 5.24. The molecule has 1 aliphatic heterocycles. The first kappa shape index (κ1) is 13.3. The van der Waals surface area contributed by atoms with Crippen LogP contribution in [0.15, 0.2) is 30.3 Å². The van der Waals surface area contributed by atoms with Crippen molar-refractivity contribution in [1.82, 2.24) is 4.90 Å². The second-order valence-corrected chi connectivity index (χ2v) is 5.24. The lowest BCUT2D eigenvalue weighted by Crippen LogP contribution is -2.18. The van der Waals surface area contributed by atoms with E-state index < -0.39 is 0 Å². The minimum Gasteiger partial charge on any atom is -0.327 e. The Bertz CT molecular complexity index is 398. The summed E-state index contributed by atoms with van der Waals surface area (Å²) in [5.41, 5.74) is 8.26. The molecular weight excluding hydrogens is 220 g/mol. The number of nitrogens with zero attached hydrogens (tertiary/aromatic N) is 1. The second kappa shape index (κ2) is 6.72. The predicted molar refractivity (Wildman–Crippen MR) is 78.6 cm³/mol. The van der Waals surface area contributed by atoms with Crippen molar-refractivity contribution in [2.45, 2.75) is 25.2 Å². The van der Waals surface area contributed by atoms with E-state index >= 15 is 0 Å². The van der Waals surface area contributed by atoms with Gasteiger partial charge in [-0.1, -0.05) is 36.4 Å². The fraction of sp³-hybridized carbons (Fsp3) is 0.500. The van der Waals surface area contributed by atoms with Gasteiger partial charge in [-0.2, -0.15) is 0 Å². The van der Waals surface area contributed by atoms with Gasteiger partial charge in [0.2, 0.25) is 0 Å². The van der Waals surface area contributed by atoms with Gasteiger partial charge in [-0.3, -0.25) is 0 Å². The maximum Gasteiger partial charge on any atom is 0.0110 e. The van der Waals surface area contributed by atoms with Gasteiger partial charge in [0.1, 0.15) is 0 Å². The van der Waals surface area contributed by atoms with Gasteiger partial charge < -0.3 is 10.6 Å². The lowest BCUT2D eigenvalue weighted by atomic mass is 9.91. The zero-order chi connectivity index (χ0) is 12.8. The molecule has 0 radical (unpaired) electrons. The number of hydrogen-bond donors (Lipinski definition) is 1. The molecule has 0 aromatic heterocycles. The molecular formula is C16H24N2. The van der Waals surface area contributed by atoms with Crippen molar-refractivity contribution in [2.75, 3.05) is 26.7 Å². The Labute approximate surface area is 110 Å². The fourth-order valence-corrected chi connectivity index (χ4v) is 2.69. The minimum absolute atomic E-state index is 0.610. The first-order valence-corrected chi connectivity index (χ1v) is 6.94.